The van der Waals surface area contributed by atoms with E-state index < -0.39 is 0 Å². The largest absolute Gasteiger partial charge is 0.339 e. The summed E-state index contributed by atoms with van der Waals surface area (Å²) >= 11 is 6.28. The molecule has 1 saturated heterocycles. The number of carbonyl (C=O) groups is 1. The zero-order valence-corrected chi connectivity index (χ0v) is 18.0. The lowest BCUT2D eigenvalue weighted by atomic mass is 10.0. The maximum atomic E-state index is 13.0. The molecule has 7 heteroatoms. The van der Waals surface area contributed by atoms with E-state index in [-0.39, 0.29) is 11.5 Å². The second-order valence-corrected chi connectivity index (χ2v) is 8.15. The van der Waals surface area contributed by atoms with Crippen molar-refractivity contribution in [1.82, 2.24) is 14.9 Å². The van der Waals surface area contributed by atoms with Crippen LogP contribution in [0, 0.1) is 0 Å². The molecule has 6 nitrogen and oxygen atoms in total. The first-order valence-electron chi connectivity index (χ1n) is 10.5. The van der Waals surface area contributed by atoms with Crippen molar-refractivity contribution in [2.45, 2.75) is 0 Å². The van der Waals surface area contributed by atoms with E-state index in [1.807, 2.05) is 76.5 Å². The van der Waals surface area contributed by atoms with Gasteiger partial charge in [-0.25, -0.2) is 4.98 Å². The molecule has 1 fully saturated rings. The molecule has 0 aliphatic carbocycles. The Kier molecular flexibility index (Phi) is 5.37. The smallest absolute Gasteiger partial charge is 0.260 e. The van der Waals surface area contributed by atoms with Crippen molar-refractivity contribution >= 4 is 34.4 Å². The van der Waals surface area contributed by atoms with E-state index in [0.717, 1.165) is 11.1 Å². The van der Waals surface area contributed by atoms with Gasteiger partial charge in [0.15, 0.2) is 0 Å². The lowest BCUT2D eigenvalue weighted by Gasteiger charge is -2.35. The van der Waals surface area contributed by atoms with Gasteiger partial charge in [-0.05, 0) is 35.9 Å². The Hall–Kier alpha value is -3.64. The van der Waals surface area contributed by atoms with Crippen LogP contribution in [0.2, 0.25) is 5.02 Å². The van der Waals surface area contributed by atoms with Crippen LogP contribution in [0.25, 0.3) is 22.0 Å². The summed E-state index contributed by atoms with van der Waals surface area (Å²) in [6.07, 6.45) is 0. The van der Waals surface area contributed by atoms with Gasteiger partial charge < -0.3 is 9.80 Å². The normalized spacial score (nSPS) is 14.0. The number of anilines is 1. The van der Waals surface area contributed by atoms with E-state index in [4.69, 9.17) is 11.6 Å². The number of H-pyrrole nitrogens is 1. The first-order chi connectivity index (χ1) is 15.6. The second-order valence-electron chi connectivity index (χ2n) is 7.74. The fraction of sp³-hybridized carbons (Fsp3) is 0.160. The van der Waals surface area contributed by atoms with Crippen LogP contribution in [0.5, 0.6) is 0 Å². The lowest BCUT2D eigenvalue weighted by Crippen LogP contribution is -2.49. The van der Waals surface area contributed by atoms with Crippen LogP contribution in [0.15, 0.2) is 77.6 Å². The highest BCUT2D eigenvalue weighted by molar-refractivity contribution is 6.33. The maximum Gasteiger partial charge on any atom is 0.260 e. The molecule has 1 aliphatic heterocycles. The number of nitrogens with one attached hydrogen (secondary N) is 1. The van der Waals surface area contributed by atoms with E-state index in [2.05, 4.69) is 9.97 Å². The van der Waals surface area contributed by atoms with Crippen molar-refractivity contribution < 1.29 is 4.79 Å². The van der Waals surface area contributed by atoms with Gasteiger partial charge in [0.2, 0.25) is 5.95 Å². The van der Waals surface area contributed by atoms with Gasteiger partial charge in [0.05, 0.1) is 10.9 Å². The zero-order valence-electron chi connectivity index (χ0n) is 17.3. The first-order valence-corrected chi connectivity index (χ1v) is 10.9. The molecule has 4 aromatic rings. The summed E-state index contributed by atoms with van der Waals surface area (Å²) < 4.78 is 0. The number of para-hydroxylation sites is 1. The highest BCUT2D eigenvalue weighted by Gasteiger charge is 2.23. The Balaban J connectivity index is 1.28. The van der Waals surface area contributed by atoms with E-state index >= 15 is 0 Å². The number of amides is 1. The topological polar surface area (TPSA) is 69.3 Å². The van der Waals surface area contributed by atoms with Gasteiger partial charge in [0.1, 0.15) is 0 Å². The Morgan fingerprint density at radius 3 is 2.31 bits per heavy atom. The molecule has 2 heterocycles. The minimum atomic E-state index is -0.150. The Morgan fingerprint density at radius 2 is 1.56 bits per heavy atom. The van der Waals surface area contributed by atoms with Crippen molar-refractivity contribution in [2.75, 3.05) is 31.1 Å². The molecular weight excluding hydrogens is 424 g/mol. The van der Waals surface area contributed by atoms with Gasteiger partial charge in [0, 0.05) is 42.3 Å². The predicted molar refractivity (Wildman–Crippen MR) is 127 cm³/mol. The number of nitrogens with zero attached hydrogens (tertiary/aromatic N) is 3. The maximum absolute atomic E-state index is 13.0. The monoisotopic (exact) mass is 444 g/mol. The molecule has 1 aromatic heterocycles. The molecule has 1 amide bonds. The van der Waals surface area contributed by atoms with Gasteiger partial charge in [-0.2, -0.15) is 0 Å². The molecular formula is C25H21ClN4O2. The van der Waals surface area contributed by atoms with Gasteiger partial charge in [-0.1, -0.05) is 54.1 Å². The minimum Gasteiger partial charge on any atom is -0.339 e. The average Bonchev–Trinajstić information content (AvgIpc) is 2.84. The van der Waals surface area contributed by atoms with E-state index in [9.17, 15) is 9.59 Å². The molecule has 3 aromatic carbocycles. The van der Waals surface area contributed by atoms with Crippen LogP contribution in [0.4, 0.5) is 5.95 Å². The predicted octanol–water partition coefficient (Wildman–Crippen LogP) is 4.21. The van der Waals surface area contributed by atoms with Crippen LogP contribution in [-0.4, -0.2) is 47.0 Å². The number of rotatable bonds is 3. The summed E-state index contributed by atoms with van der Waals surface area (Å²) in [6.45, 7) is 2.32. The summed E-state index contributed by atoms with van der Waals surface area (Å²) in [4.78, 5) is 36.7. The molecule has 160 valence electrons. The van der Waals surface area contributed by atoms with Crippen molar-refractivity contribution in [3.8, 4) is 11.1 Å². The average molecular weight is 445 g/mol. The number of piperazine rings is 1. The van der Waals surface area contributed by atoms with Crippen LogP contribution in [0.3, 0.4) is 0 Å². The van der Waals surface area contributed by atoms with Crippen molar-refractivity contribution in [2.24, 2.45) is 0 Å². The molecule has 0 radical (unpaired) electrons. The third-order valence-electron chi connectivity index (χ3n) is 5.78. The Morgan fingerprint density at radius 1 is 0.875 bits per heavy atom. The Labute approximate surface area is 190 Å². The van der Waals surface area contributed by atoms with Crippen LogP contribution >= 0.6 is 11.6 Å². The van der Waals surface area contributed by atoms with Gasteiger partial charge in [0.25, 0.3) is 11.5 Å². The Bertz CT molecular complexity index is 1340. The number of aromatic nitrogens is 2. The quantitative estimate of drug-likeness (QED) is 0.514. The minimum absolute atomic E-state index is 0.00433. The summed E-state index contributed by atoms with van der Waals surface area (Å²) in [5.74, 6) is 0.542. The fourth-order valence-corrected chi connectivity index (χ4v) is 4.26. The fourth-order valence-electron chi connectivity index (χ4n) is 4.02. The number of fused-ring (bicyclic) bond motifs is 1. The molecule has 0 spiro atoms. The number of halogens is 1. The lowest BCUT2D eigenvalue weighted by molar-refractivity contribution is 0.0746. The molecule has 1 aliphatic rings. The van der Waals surface area contributed by atoms with E-state index in [0.29, 0.717) is 53.6 Å². The highest BCUT2D eigenvalue weighted by atomic mass is 35.5. The second kappa shape index (κ2) is 8.48. The molecule has 32 heavy (non-hydrogen) atoms. The van der Waals surface area contributed by atoms with E-state index in [1.165, 1.54) is 0 Å². The van der Waals surface area contributed by atoms with E-state index in [1.54, 1.807) is 6.07 Å². The molecule has 0 bridgehead atoms. The van der Waals surface area contributed by atoms with Gasteiger partial charge >= 0.3 is 0 Å². The molecule has 5 rings (SSSR count). The van der Waals surface area contributed by atoms with Crippen LogP contribution in [0.1, 0.15) is 10.4 Å². The first kappa shape index (κ1) is 20.3. The zero-order chi connectivity index (χ0) is 22.1. The van der Waals surface area contributed by atoms with Gasteiger partial charge in [-0.15, -0.1) is 0 Å². The van der Waals surface area contributed by atoms with Crippen molar-refractivity contribution in [1.29, 1.82) is 0 Å². The van der Waals surface area contributed by atoms with Crippen LogP contribution in [-0.2, 0) is 0 Å². The molecule has 0 saturated carbocycles. The summed E-state index contributed by atoms with van der Waals surface area (Å²) in [6, 6.07) is 22.5. The third kappa shape index (κ3) is 3.85. The number of aromatic amines is 1. The van der Waals surface area contributed by atoms with Gasteiger partial charge in [-0.3, -0.25) is 14.6 Å². The summed E-state index contributed by atoms with van der Waals surface area (Å²) in [5.41, 5.74) is 3.08. The molecule has 1 N–H and O–H groups in total. The van der Waals surface area contributed by atoms with Crippen molar-refractivity contribution in [3.05, 3.63) is 93.7 Å². The van der Waals surface area contributed by atoms with Crippen molar-refractivity contribution in [3.63, 3.8) is 0 Å². The molecule has 0 atom stereocenters. The highest BCUT2D eigenvalue weighted by Crippen LogP contribution is 2.28. The number of benzene rings is 3. The molecule has 0 unspecified atom stereocenters. The number of hydrogen-bond acceptors (Lipinski definition) is 4. The number of hydrogen-bond donors (Lipinski definition) is 1. The standard InChI is InChI=1S/C25H21ClN4O2/c26-21-7-3-1-5-19(21)17-9-11-18(12-10-17)24(32)29-13-15-30(16-14-29)25-27-22-8-4-2-6-20(22)23(31)28-25/h1-12H,13-16H2,(H,27,28,31). The third-order valence-corrected chi connectivity index (χ3v) is 6.11. The SMILES string of the molecule is O=C(c1ccc(-c2ccccc2Cl)cc1)N1CCN(c2nc3ccccc3c(=O)[nH]2)CC1. The summed E-state index contributed by atoms with van der Waals surface area (Å²) in [5, 5.41) is 1.26. The van der Waals surface area contributed by atoms with Crippen LogP contribution < -0.4 is 10.5 Å². The summed E-state index contributed by atoms with van der Waals surface area (Å²) in [7, 11) is 0. The number of carbonyl (C=O) groups excluding carboxylic acids is 1.